The van der Waals surface area contributed by atoms with Crippen molar-refractivity contribution in [2.45, 2.75) is 18.7 Å². The molecule has 1 aliphatic rings. The summed E-state index contributed by atoms with van der Waals surface area (Å²) in [5.41, 5.74) is 5.88. The molecule has 5 aromatic rings. The average Bonchev–Trinajstić information content (AvgIpc) is 3.34. The number of carbonyl (C=O) groups is 2. The summed E-state index contributed by atoms with van der Waals surface area (Å²) in [5, 5.41) is 7.68. The lowest BCUT2D eigenvalue weighted by molar-refractivity contribution is -0.123. The van der Waals surface area contributed by atoms with Crippen molar-refractivity contribution in [2.24, 2.45) is 0 Å². The van der Waals surface area contributed by atoms with Gasteiger partial charge < -0.3 is 5.32 Å². The number of halogens is 1. The second-order valence-corrected chi connectivity index (χ2v) is 11.2. The zero-order valence-corrected chi connectivity index (χ0v) is 23.7. The van der Waals surface area contributed by atoms with Crippen LogP contribution in [-0.4, -0.2) is 38.9 Å². The second-order valence-electron chi connectivity index (χ2n) is 10.1. The van der Waals surface area contributed by atoms with Crippen molar-refractivity contribution in [1.82, 2.24) is 20.1 Å². The van der Waals surface area contributed by atoms with Crippen molar-refractivity contribution in [3.63, 3.8) is 0 Å². The van der Waals surface area contributed by atoms with Crippen molar-refractivity contribution < 1.29 is 14.0 Å². The lowest BCUT2D eigenvalue weighted by Crippen LogP contribution is -2.42. The van der Waals surface area contributed by atoms with Crippen LogP contribution in [0.1, 0.15) is 27.5 Å². The van der Waals surface area contributed by atoms with Crippen LogP contribution in [0.2, 0.25) is 0 Å². The summed E-state index contributed by atoms with van der Waals surface area (Å²) in [6.45, 7) is 2.10. The minimum absolute atomic E-state index is 0.134. The van der Waals surface area contributed by atoms with Gasteiger partial charge in [-0.15, -0.1) is 11.8 Å². The van der Waals surface area contributed by atoms with Gasteiger partial charge in [0.25, 0.3) is 0 Å². The van der Waals surface area contributed by atoms with Gasteiger partial charge >= 0.3 is 0 Å². The smallest absolute Gasteiger partial charge is 0.240 e. The first-order valence-corrected chi connectivity index (χ1v) is 14.6. The number of aromatic nitrogens is 3. The Morgan fingerprint density at radius 3 is 2.57 bits per heavy atom. The number of carbonyl (C=O) groups excluding carboxylic acids is 2. The fourth-order valence-corrected chi connectivity index (χ4v) is 6.27. The van der Waals surface area contributed by atoms with Crippen LogP contribution < -0.4 is 10.2 Å². The van der Waals surface area contributed by atoms with E-state index in [-0.39, 0.29) is 35.2 Å². The topological polar surface area (TPSA) is 80.1 Å². The van der Waals surface area contributed by atoms with Gasteiger partial charge in [-0.25, -0.2) is 9.07 Å². The summed E-state index contributed by atoms with van der Waals surface area (Å²) in [6, 6.07) is 27.7. The number of hydrogen-bond acceptors (Lipinski definition) is 5. The van der Waals surface area contributed by atoms with Gasteiger partial charge in [0.2, 0.25) is 11.8 Å². The van der Waals surface area contributed by atoms with E-state index >= 15 is 0 Å². The largest absolute Gasteiger partial charge is 0.350 e. The molecule has 1 atom stereocenters. The molecule has 0 saturated heterocycles. The summed E-state index contributed by atoms with van der Waals surface area (Å²) in [7, 11) is 0. The molecule has 7 nitrogen and oxygen atoms in total. The van der Waals surface area contributed by atoms with Gasteiger partial charge in [0.1, 0.15) is 18.2 Å². The van der Waals surface area contributed by atoms with Crippen LogP contribution in [0.25, 0.3) is 16.9 Å². The number of thioether (sulfide) groups is 1. The van der Waals surface area contributed by atoms with Crippen LogP contribution in [0.5, 0.6) is 0 Å². The molecule has 210 valence electrons. The second kappa shape index (κ2) is 12.0. The third kappa shape index (κ3) is 5.69. The van der Waals surface area contributed by atoms with Gasteiger partial charge in [-0.3, -0.25) is 19.5 Å². The fourth-order valence-electron chi connectivity index (χ4n) is 5.07. The van der Waals surface area contributed by atoms with Crippen molar-refractivity contribution in [3.8, 4) is 16.9 Å². The quantitative estimate of drug-likeness (QED) is 0.262. The standard InChI is InChI=1S/C33H28FN5O2S/c1-22-7-5-11-27(17-22)39-33-30(31(37-39)24-9-3-2-4-10-24)32(25-12-14-26(34)15-13-25)42-21-29(41)38(33)20-28(40)36-19-23-8-6-16-35-18-23/h2-18,32H,19-21H2,1H3,(H,36,40). The highest BCUT2D eigenvalue weighted by Crippen LogP contribution is 2.48. The van der Waals surface area contributed by atoms with Crippen LogP contribution in [0.3, 0.4) is 0 Å². The monoisotopic (exact) mass is 577 g/mol. The van der Waals surface area contributed by atoms with E-state index in [1.54, 1.807) is 29.2 Å². The number of anilines is 1. The molecule has 1 N–H and O–H groups in total. The van der Waals surface area contributed by atoms with E-state index in [2.05, 4.69) is 10.3 Å². The van der Waals surface area contributed by atoms with Crippen LogP contribution in [-0.2, 0) is 16.1 Å². The van der Waals surface area contributed by atoms with Crippen molar-refractivity contribution in [1.29, 1.82) is 0 Å². The molecule has 0 aliphatic carbocycles. The van der Waals surface area contributed by atoms with Crippen LogP contribution in [0.15, 0.2) is 103 Å². The average molecular weight is 578 g/mol. The predicted molar refractivity (Wildman–Crippen MR) is 163 cm³/mol. The Hall–Kier alpha value is -4.76. The summed E-state index contributed by atoms with van der Waals surface area (Å²) in [5.74, 6) is -0.189. The third-order valence-electron chi connectivity index (χ3n) is 7.07. The maximum atomic E-state index is 14.0. The van der Waals surface area contributed by atoms with E-state index in [0.717, 1.165) is 33.5 Å². The van der Waals surface area contributed by atoms with Gasteiger partial charge in [-0.1, -0.05) is 60.7 Å². The number of pyridine rings is 1. The Balaban J connectivity index is 1.52. The Kier molecular flexibility index (Phi) is 7.83. The van der Waals surface area contributed by atoms with E-state index in [1.807, 2.05) is 73.7 Å². The SMILES string of the molecule is Cc1cccc(-n2nc(-c3ccccc3)c3c2N(CC(=O)NCc2cccnc2)C(=O)CSC3c2ccc(F)cc2)c1. The lowest BCUT2D eigenvalue weighted by atomic mass is 9.99. The van der Waals surface area contributed by atoms with Crippen molar-refractivity contribution in [3.05, 3.63) is 131 Å². The van der Waals surface area contributed by atoms with Crippen LogP contribution in [0, 0.1) is 12.7 Å². The van der Waals surface area contributed by atoms with Gasteiger partial charge in [0.05, 0.1) is 22.4 Å². The first-order valence-electron chi connectivity index (χ1n) is 13.6. The minimum Gasteiger partial charge on any atom is -0.350 e. The number of aryl methyl sites for hydroxylation is 1. The Bertz CT molecular complexity index is 1730. The molecule has 1 unspecified atom stereocenters. The zero-order valence-electron chi connectivity index (χ0n) is 22.9. The number of amides is 2. The zero-order chi connectivity index (χ0) is 29.1. The first-order chi connectivity index (χ1) is 20.5. The van der Waals surface area contributed by atoms with Crippen LogP contribution in [0.4, 0.5) is 10.2 Å². The molecular formula is C33H28FN5O2S. The Morgan fingerprint density at radius 1 is 1.02 bits per heavy atom. The molecule has 0 spiro atoms. The fraction of sp³-hybridized carbons (Fsp3) is 0.152. The predicted octanol–water partition coefficient (Wildman–Crippen LogP) is 5.87. The molecule has 6 rings (SSSR count). The molecule has 3 aromatic carbocycles. The van der Waals surface area contributed by atoms with Gasteiger partial charge in [-0.2, -0.15) is 5.10 Å². The van der Waals surface area contributed by atoms with Crippen LogP contribution >= 0.6 is 11.8 Å². The molecular weight excluding hydrogens is 549 g/mol. The molecule has 1 aliphatic heterocycles. The molecule has 42 heavy (non-hydrogen) atoms. The molecule has 2 amide bonds. The Morgan fingerprint density at radius 2 is 1.83 bits per heavy atom. The third-order valence-corrected chi connectivity index (χ3v) is 8.32. The van der Waals surface area contributed by atoms with Crippen molar-refractivity contribution in [2.75, 3.05) is 17.2 Å². The number of nitrogens with one attached hydrogen (secondary N) is 1. The first kappa shape index (κ1) is 27.4. The normalized spacial score (nSPS) is 14.8. The molecule has 0 saturated carbocycles. The number of hydrogen-bond donors (Lipinski definition) is 1. The number of fused-ring (bicyclic) bond motifs is 1. The maximum Gasteiger partial charge on any atom is 0.240 e. The molecule has 3 heterocycles. The van der Waals surface area contributed by atoms with E-state index in [1.165, 1.54) is 28.8 Å². The highest BCUT2D eigenvalue weighted by atomic mass is 32.2. The lowest BCUT2D eigenvalue weighted by Gasteiger charge is -2.23. The summed E-state index contributed by atoms with van der Waals surface area (Å²) in [4.78, 5) is 32.8. The van der Waals surface area contributed by atoms with E-state index < -0.39 is 0 Å². The van der Waals surface area contributed by atoms with Gasteiger partial charge in [-0.05, 0) is 53.9 Å². The van der Waals surface area contributed by atoms with Gasteiger partial charge in [0.15, 0.2) is 0 Å². The van der Waals surface area contributed by atoms with Gasteiger partial charge in [0, 0.05) is 30.1 Å². The summed E-state index contributed by atoms with van der Waals surface area (Å²) in [6.07, 6.45) is 3.37. The van der Waals surface area contributed by atoms with E-state index in [4.69, 9.17) is 5.10 Å². The molecule has 0 fully saturated rings. The Labute approximate surface area is 247 Å². The molecule has 2 aromatic heterocycles. The maximum absolute atomic E-state index is 14.0. The minimum atomic E-state index is -0.334. The summed E-state index contributed by atoms with van der Waals surface area (Å²) >= 11 is 1.45. The number of rotatable bonds is 7. The number of benzene rings is 3. The van der Waals surface area contributed by atoms with Crippen molar-refractivity contribution >= 4 is 29.4 Å². The highest BCUT2D eigenvalue weighted by molar-refractivity contribution is 8.00. The molecule has 9 heteroatoms. The molecule has 0 bridgehead atoms. The van der Waals surface area contributed by atoms with E-state index in [9.17, 15) is 14.0 Å². The van der Waals surface area contributed by atoms with E-state index in [0.29, 0.717) is 18.1 Å². The molecule has 0 radical (unpaired) electrons. The highest BCUT2D eigenvalue weighted by Gasteiger charge is 2.37. The summed E-state index contributed by atoms with van der Waals surface area (Å²) < 4.78 is 15.7. The number of nitrogens with zero attached hydrogens (tertiary/aromatic N) is 4.